The van der Waals surface area contributed by atoms with Crippen LogP contribution in [-0.2, 0) is 6.54 Å². The fourth-order valence-corrected chi connectivity index (χ4v) is 3.40. The van der Waals surface area contributed by atoms with Crippen molar-refractivity contribution in [2.45, 2.75) is 13.5 Å². The number of nitrogens with zero attached hydrogens (tertiary/aromatic N) is 2. The summed E-state index contributed by atoms with van der Waals surface area (Å²) in [5.74, 6) is 0.804. The van der Waals surface area contributed by atoms with Gasteiger partial charge in [-0.2, -0.15) is 0 Å². The van der Waals surface area contributed by atoms with E-state index in [1.807, 2.05) is 91.9 Å². The first-order chi connectivity index (χ1) is 14.7. The molecule has 0 aliphatic heterocycles. The third-order valence-electron chi connectivity index (χ3n) is 4.95. The van der Waals surface area contributed by atoms with E-state index in [0.717, 1.165) is 28.3 Å². The molecular weight excluding hydrogens is 374 g/mol. The second kappa shape index (κ2) is 8.66. The molecule has 150 valence electrons. The molecule has 4 rings (SSSR count). The Labute approximate surface area is 175 Å². The molecule has 1 aromatic heterocycles. The average molecular weight is 397 g/mol. The van der Waals surface area contributed by atoms with Crippen LogP contribution in [-0.4, -0.2) is 22.6 Å². The molecule has 3 aromatic carbocycles. The summed E-state index contributed by atoms with van der Waals surface area (Å²) < 4.78 is 6.79. The Bertz CT molecular complexity index is 1210. The molecule has 5 heteroatoms. The number of aliphatic imine (C=N–C) groups is 1. The quantitative estimate of drug-likeness (QED) is 0.486. The van der Waals surface area contributed by atoms with Crippen molar-refractivity contribution in [1.29, 1.82) is 0 Å². The van der Waals surface area contributed by atoms with E-state index < -0.39 is 0 Å². The molecule has 0 saturated carbocycles. The topological polar surface area (TPSA) is 59.4 Å². The van der Waals surface area contributed by atoms with Gasteiger partial charge in [-0.05, 0) is 36.8 Å². The summed E-state index contributed by atoms with van der Waals surface area (Å²) in [6.45, 7) is 2.37. The average Bonchev–Trinajstić information content (AvgIpc) is 3.10. The van der Waals surface area contributed by atoms with Gasteiger partial charge in [0, 0.05) is 11.3 Å². The summed E-state index contributed by atoms with van der Waals surface area (Å²) in [7, 11) is 1.65. The van der Waals surface area contributed by atoms with Crippen LogP contribution in [0.4, 0.5) is 0 Å². The van der Waals surface area contributed by atoms with Gasteiger partial charge in [0.15, 0.2) is 0 Å². The summed E-state index contributed by atoms with van der Waals surface area (Å²) in [5.41, 5.74) is 4.67. The normalized spacial score (nSPS) is 11.5. The van der Waals surface area contributed by atoms with E-state index in [-0.39, 0.29) is 5.56 Å². The molecule has 0 fully saturated rings. The molecule has 0 bridgehead atoms. The Morgan fingerprint density at radius 2 is 1.57 bits per heavy atom. The van der Waals surface area contributed by atoms with Crippen molar-refractivity contribution in [1.82, 2.24) is 9.78 Å². The van der Waals surface area contributed by atoms with E-state index in [1.165, 1.54) is 0 Å². The van der Waals surface area contributed by atoms with Crippen LogP contribution in [0.3, 0.4) is 0 Å². The molecule has 0 aliphatic carbocycles. The SMILES string of the molecule is COc1ccc(CN=C(c2ccccc2)c2c(C)[nH]n(-c3ccccc3)c2=O)cc1. The predicted octanol–water partition coefficient (Wildman–Crippen LogP) is 4.52. The minimum absolute atomic E-state index is 0.115. The summed E-state index contributed by atoms with van der Waals surface area (Å²) in [4.78, 5) is 18.2. The minimum Gasteiger partial charge on any atom is -0.497 e. The second-order valence-corrected chi connectivity index (χ2v) is 6.97. The lowest BCUT2D eigenvalue weighted by molar-refractivity contribution is 0.414. The summed E-state index contributed by atoms with van der Waals surface area (Å²) in [6, 6.07) is 27.2. The third kappa shape index (κ3) is 3.96. The van der Waals surface area contributed by atoms with Crippen LogP contribution in [0, 0.1) is 6.92 Å². The summed E-state index contributed by atoms with van der Waals surface area (Å²) >= 11 is 0. The van der Waals surface area contributed by atoms with Gasteiger partial charge in [-0.25, -0.2) is 4.68 Å². The van der Waals surface area contributed by atoms with Crippen LogP contribution in [0.2, 0.25) is 0 Å². The molecule has 0 amide bonds. The van der Waals surface area contributed by atoms with E-state index in [9.17, 15) is 4.79 Å². The first-order valence-corrected chi connectivity index (χ1v) is 9.77. The number of H-pyrrole nitrogens is 1. The Hall–Kier alpha value is -3.86. The van der Waals surface area contributed by atoms with E-state index in [2.05, 4.69) is 5.10 Å². The number of aryl methyl sites for hydroxylation is 1. The maximum absolute atomic E-state index is 13.3. The van der Waals surface area contributed by atoms with E-state index >= 15 is 0 Å². The first-order valence-electron chi connectivity index (χ1n) is 9.77. The van der Waals surface area contributed by atoms with Crippen LogP contribution in [0.15, 0.2) is 94.7 Å². The smallest absolute Gasteiger partial charge is 0.280 e. The Morgan fingerprint density at radius 1 is 0.933 bits per heavy atom. The number of aromatic amines is 1. The number of ether oxygens (including phenoxy) is 1. The maximum Gasteiger partial charge on any atom is 0.280 e. The highest BCUT2D eigenvalue weighted by Gasteiger charge is 2.19. The Morgan fingerprint density at radius 3 is 2.20 bits per heavy atom. The van der Waals surface area contributed by atoms with Gasteiger partial charge in [0.1, 0.15) is 5.75 Å². The summed E-state index contributed by atoms with van der Waals surface area (Å²) in [6.07, 6.45) is 0. The monoisotopic (exact) mass is 397 g/mol. The molecule has 30 heavy (non-hydrogen) atoms. The van der Waals surface area contributed by atoms with Crippen LogP contribution in [0.1, 0.15) is 22.4 Å². The molecule has 4 aromatic rings. The molecular formula is C25H23N3O2. The van der Waals surface area contributed by atoms with Gasteiger partial charge < -0.3 is 4.74 Å². The Kier molecular flexibility index (Phi) is 5.61. The highest BCUT2D eigenvalue weighted by atomic mass is 16.5. The van der Waals surface area contributed by atoms with Gasteiger partial charge in [-0.3, -0.25) is 14.9 Å². The molecule has 0 radical (unpaired) electrons. The Balaban J connectivity index is 1.79. The number of hydrogen-bond acceptors (Lipinski definition) is 3. The number of para-hydroxylation sites is 1. The predicted molar refractivity (Wildman–Crippen MR) is 120 cm³/mol. The lowest BCUT2D eigenvalue weighted by Gasteiger charge is -2.07. The highest BCUT2D eigenvalue weighted by Crippen LogP contribution is 2.16. The molecule has 0 saturated heterocycles. The van der Waals surface area contributed by atoms with Crippen molar-refractivity contribution in [3.63, 3.8) is 0 Å². The number of hydrogen-bond donors (Lipinski definition) is 1. The van der Waals surface area contributed by atoms with Crippen LogP contribution in [0.5, 0.6) is 5.75 Å². The van der Waals surface area contributed by atoms with Gasteiger partial charge in [-0.15, -0.1) is 0 Å². The van der Waals surface area contributed by atoms with Crippen molar-refractivity contribution >= 4 is 5.71 Å². The fraction of sp³-hybridized carbons (Fsp3) is 0.120. The molecule has 0 spiro atoms. The standard InChI is InChI=1S/C25H23N3O2/c1-18-23(25(29)28(27-18)21-11-7-4-8-12-21)24(20-9-5-3-6-10-20)26-17-19-13-15-22(30-2)16-14-19/h3-16,27H,17H2,1-2H3. The molecule has 1 N–H and O–H groups in total. The van der Waals surface area contributed by atoms with Crippen molar-refractivity contribution in [3.8, 4) is 11.4 Å². The second-order valence-electron chi connectivity index (χ2n) is 6.97. The van der Waals surface area contributed by atoms with Crippen molar-refractivity contribution in [2.75, 3.05) is 7.11 Å². The van der Waals surface area contributed by atoms with E-state index in [4.69, 9.17) is 9.73 Å². The number of benzene rings is 3. The lowest BCUT2D eigenvalue weighted by Crippen LogP contribution is -2.21. The van der Waals surface area contributed by atoms with Crippen molar-refractivity contribution < 1.29 is 4.74 Å². The first kappa shape index (κ1) is 19.5. The highest BCUT2D eigenvalue weighted by molar-refractivity contribution is 6.13. The number of rotatable bonds is 6. The van der Waals surface area contributed by atoms with Gasteiger partial charge in [-0.1, -0.05) is 60.7 Å². The van der Waals surface area contributed by atoms with Crippen LogP contribution >= 0.6 is 0 Å². The van der Waals surface area contributed by atoms with Gasteiger partial charge in [0.25, 0.3) is 5.56 Å². The van der Waals surface area contributed by atoms with Crippen molar-refractivity contribution in [2.24, 2.45) is 4.99 Å². The molecule has 1 heterocycles. The maximum atomic E-state index is 13.3. The summed E-state index contributed by atoms with van der Waals surface area (Å²) in [5, 5.41) is 3.20. The largest absolute Gasteiger partial charge is 0.497 e. The number of nitrogens with one attached hydrogen (secondary N) is 1. The lowest BCUT2D eigenvalue weighted by atomic mass is 10.0. The van der Waals surface area contributed by atoms with E-state index in [0.29, 0.717) is 17.8 Å². The third-order valence-corrected chi connectivity index (χ3v) is 4.95. The van der Waals surface area contributed by atoms with Crippen LogP contribution in [0.25, 0.3) is 5.69 Å². The van der Waals surface area contributed by atoms with Gasteiger partial charge >= 0.3 is 0 Å². The zero-order valence-electron chi connectivity index (χ0n) is 17.0. The molecule has 0 unspecified atom stereocenters. The van der Waals surface area contributed by atoms with Crippen LogP contribution < -0.4 is 10.3 Å². The molecule has 0 atom stereocenters. The minimum atomic E-state index is -0.115. The van der Waals surface area contributed by atoms with Crippen molar-refractivity contribution in [3.05, 3.63) is 118 Å². The number of methoxy groups -OCH3 is 1. The van der Waals surface area contributed by atoms with Gasteiger partial charge in [0.05, 0.1) is 30.6 Å². The molecule has 0 aliphatic rings. The zero-order chi connectivity index (χ0) is 20.9. The molecule has 5 nitrogen and oxygen atoms in total. The number of aromatic nitrogens is 2. The fourth-order valence-electron chi connectivity index (χ4n) is 3.40. The van der Waals surface area contributed by atoms with Gasteiger partial charge in [0.2, 0.25) is 0 Å². The van der Waals surface area contributed by atoms with E-state index in [1.54, 1.807) is 11.8 Å². The zero-order valence-corrected chi connectivity index (χ0v) is 17.0.